The lowest BCUT2D eigenvalue weighted by molar-refractivity contribution is 0.386. The summed E-state index contributed by atoms with van der Waals surface area (Å²) in [6, 6.07) is 10.9. The van der Waals surface area contributed by atoms with Gasteiger partial charge in [0.1, 0.15) is 0 Å². The summed E-state index contributed by atoms with van der Waals surface area (Å²) in [5.41, 5.74) is 1.10. The molecule has 84 valence electrons. The quantitative estimate of drug-likeness (QED) is 0.745. The van der Waals surface area contributed by atoms with Crippen LogP contribution in [0.5, 0.6) is 0 Å². The second kappa shape index (κ2) is 6.35. The molecule has 1 nitrogen and oxygen atoms in total. The summed E-state index contributed by atoms with van der Waals surface area (Å²) in [6.45, 7) is 0.819. The van der Waals surface area contributed by atoms with Crippen LogP contribution in [0.3, 0.4) is 0 Å². The Morgan fingerprint density at radius 3 is 2.56 bits per heavy atom. The van der Waals surface area contributed by atoms with Crippen LogP contribution in [-0.4, -0.2) is 12.6 Å². The van der Waals surface area contributed by atoms with E-state index in [1.165, 1.54) is 32.1 Å². The Morgan fingerprint density at radius 2 is 1.81 bits per heavy atom. The third-order valence-electron chi connectivity index (χ3n) is 3.09. The van der Waals surface area contributed by atoms with Crippen LogP contribution in [0.4, 0.5) is 0 Å². The van der Waals surface area contributed by atoms with Gasteiger partial charge in [0, 0.05) is 11.6 Å². The number of hydrogen-bond donors (Lipinski definition) is 1. The molecule has 1 N–H and O–H groups in total. The minimum absolute atomic E-state index is 0.707. The molecule has 0 atom stereocenters. The summed E-state index contributed by atoms with van der Waals surface area (Å²) in [5, 5.41) is 3.52. The molecule has 0 unspecified atom stereocenters. The van der Waals surface area contributed by atoms with Crippen molar-refractivity contribution < 1.29 is 0 Å². The number of rotatable bonds is 2. The van der Waals surface area contributed by atoms with Crippen LogP contribution in [0.15, 0.2) is 30.3 Å². The van der Waals surface area contributed by atoms with Gasteiger partial charge in [-0.05, 0) is 25.0 Å². The smallest absolute Gasteiger partial charge is 0.0582 e. The second-order valence-corrected chi connectivity index (χ2v) is 4.38. The van der Waals surface area contributed by atoms with Gasteiger partial charge in [-0.2, -0.15) is 0 Å². The lowest BCUT2D eigenvalue weighted by atomic mass is 9.96. The average Bonchev–Trinajstić information content (AvgIpc) is 2.37. The Kier molecular flexibility index (Phi) is 4.46. The molecule has 0 aromatic heterocycles. The maximum absolute atomic E-state index is 3.52. The molecular weight excluding hydrogens is 194 g/mol. The molecule has 0 amide bonds. The fourth-order valence-corrected chi connectivity index (χ4v) is 2.17. The molecule has 1 aliphatic rings. The van der Waals surface area contributed by atoms with Crippen LogP contribution in [0, 0.1) is 11.8 Å². The maximum atomic E-state index is 3.52. The molecule has 0 radical (unpaired) electrons. The number of hydrogen-bond acceptors (Lipinski definition) is 1. The molecule has 0 aliphatic heterocycles. The van der Waals surface area contributed by atoms with Crippen molar-refractivity contribution >= 4 is 0 Å². The van der Waals surface area contributed by atoms with Crippen molar-refractivity contribution in [1.29, 1.82) is 0 Å². The summed E-state index contributed by atoms with van der Waals surface area (Å²) in [7, 11) is 0. The highest BCUT2D eigenvalue weighted by molar-refractivity contribution is 5.33. The first kappa shape index (κ1) is 11.2. The van der Waals surface area contributed by atoms with Gasteiger partial charge in [0.25, 0.3) is 0 Å². The van der Waals surface area contributed by atoms with Crippen LogP contribution in [-0.2, 0) is 0 Å². The van der Waals surface area contributed by atoms with Gasteiger partial charge < -0.3 is 5.32 Å². The van der Waals surface area contributed by atoms with Gasteiger partial charge in [-0.1, -0.05) is 49.3 Å². The second-order valence-electron chi connectivity index (χ2n) is 4.38. The summed E-state index contributed by atoms with van der Waals surface area (Å²) in [5.74, 6) is 6.36. The first-order valence-corrected chi connectivity index (χ1v) is 6.22. The first-order chi connectivity index (χ1) is 7.95. The molecule has 1 aliphatic carbocycles. The van der Waals surface area contributed by atoms with Gasteiger partial charge in [0.05, 0.1) is 6.54 Å². The SMILES string of the molecule is C(#Cc1ccccc1)CNC1CCCCC1. The third kappa shape index (κ3) is 3.72. The van der Waals surface area contributed by atoms with E-state index in [1.807, 2.05) is 30.3 Å². The lowest BCUT2D eigenvalue weighted by Crippen LogP contribution is -2.31. The Labute approximate surface area is 98.3 Å². The molecule has 0 spiro atoms. The lowest BCUT2D eigenvalue weighted by Gasteiger charge is -2.21. The molecule has 0 saturated heterocycles. The summed E-state index contributed by atoms with van der Waals surface area (Å²) >= 11 is 0. The van der Waals surface area contributed by atoms with E-state index in [0.717, 1.165) is 12.1 Å². The van der Waals surface area contributed by atoms with Crippen molar-refractivity contribution in [2.24, 2.45) is 0 Å². The molecular formula is C15H19N. The number of benzene rings is 1. The van der Waals surface area contributed by atoms with Gasteiger partial charge in [-0.3, -0.25) is 0 Å². The van der Waals surface area contributed by atoms with Crippen molar-refractivity contribution in [2.75, 3.05) is 6.54 Å². The predicted molar refractivity (Wildman–Crippen MR) is 68.2 cm³/mol. The highest BCUT2D eigenvalue weighted by Crippen LogP contribution is 2.16. The van der Waals surface area contributed by atoms with Crippen molar-refractivity contribution in [3.05, 3.63) is 35.9 Å². The fraction of sp³-hybridized carbons (Fsp3) is 0.467. The molecule has 0 bridgehead atoms. The molecule has 2 rings (SSSR count). The van der Waals surface area contributed by atoms with Crippen molar-refractivity contribution in [3.8, 4) is 11.8 Å². The molecule has 16 heavy (non-hydrogen) atoms. The number of nitrogens with one attached hydrogen (secondary N) is 1. The van der Waals surface area contributed by atoms with Gasteiger partial charge >= 0.3 is 0 Å². The van der Waals surface area contributed by atoms with E-state index >= 15 is 0 Å². The molecule has 1 fully saturated rings. The molecule has 1 heteroatoms. The first-order valence-electron chi connectivity index (χ1n) is 6.22. The van der Waals surface area contributed by atoms with Crippen LogP contribution in [0.25, 0.3) is 0 Å². The Morgan fingerprint density at radius 1 is 1.06 bits per heavy atom. The topological polar surface area (TPSA) is 12.0 Å². The van der Waals surface area contributed by atoms with E-state index in [2.05, 4.69) is 17.2 Å². The Hall–Kier alpha value is -1.26. The van der Waals surface area contributed by atoms with E-state index in [4.69, 9.17) is 0 Å². The molecule has 1 aromatic rings. The predicted octanol–water partition coefficient (Wildman–Crippen LogP) is 2.96. The molecule has 1 saturated carbocycles. The van der Waals surface area contributed by atoms with E-state index in [-0.39, 0.29) is 0 Å². The van der Waals surface area contributed by atoms with E-state index in [9.17, 15) is 0 Å². The monoisotopic (exact) mass is 213 g/mol. The largest absolute Gasteiger partial charge is 0.303 e. The summed E-state index contributed by atoms with van der Waals surface area (Å²) in [6.07, 6.45) is 6.82. The summed E-state index contributed by atoms with van der Waals surface area (Å²) < 4.78 is 0. The maximum Gasteiger partial charge on any atom is 0.0582 e. The minimum Gasteiger partial charge on any atom is -0.303 e. The third-order valence-corrected chi connectivity index (χ3v) is 3.09. The van der Waals surface area contributed by atoms with Gasteiger partial charge in [-0.25, -0.2) is 0 Å². The van der Waals surface area contributed by atoms with Gasteiger partial charge in [0.15, 0.2) is 0 Å². The van der Waals surface area contributed by atoms with Crippen LogP contribution in [0.1, 0.15) is 37.7 Å². The molecule has 0 heterocycles. The highest BCUT2D eigenvalue weighted by atomic mass is 14.9. The Bertz CT molecular complexity index is 352. The summed E-state index contributed by atoms with van der Waals surface area (Å²) in [4.78, 5) is 0. The van der Waals surface area contributed by atoms with Crippen LogP contribution in [0.2, 0.25) is 0 Å². The van der Waals surface area contributed by atoms with Crippen molar-refractivity contribution in [3.63, 3.8) is 0 Å². The van der Waals surface area contributed by atoms with E-state index in [0.29, 0.717) is 6.04 Å². The zero-order chi connectivity index (χ0) is 11.1. The van der Waals surface area contributed by atoms with Crippen molar-refractivity contribution in [1.82, 2.24) is 5.32 Å². The van der Waals surface area contributed by atoms with E-state index in [1.54, 1.807) is 0 Å². The zero-order valence-corrected chi connectivity index (χ0v) is 9.71. The average molecular weight is 213 g/mol. The van der Waals surface area contributed by atoms with Crippen molar-refractivity contribution in [2.45, 2.75) is 38.1 Å². The van der Waals surface area contributed by atoms with Crippen LogP contribution < -0.4 is 5.32 Å². The highest BCUT2D eigenvalue weighted by Gasteiger charge is 2.10. The van der Waals surface area contributed by atoms with Gasteiger partial charge in [0.2, 0.25) is 0 Å². The Balaban J connectivity index is 1.73. The minimum atomic E-state index is 0.707. The molecule has 1 aromatic carbocycles. The zero-order valence-electron chi connectivity index (χ0n) is 9.71. The van der Waals surface area contributed by atoms with Crippen LogP contribution >= 0.6 is 0 Å². The fourth-order valence-electron chi connectivity index (χ4n) is 2.17. The standard InChI is InChI=1S/C15H19N/c1-3-8-14(9-4-1)10-7-13-16-15-11-5-2-6-12-15/h1,3-4,8-9,15-16H,2,5-6,11-13H2. The van der Waals surface area contributed by atoms with E-state index < -0.39 is 0 Å². The normalized spacial score (nSPS) is 16.5. The van der Waals surface area contributed by atoms with Gasteiger partial charge in [-0.15, -0.1) is 0 Å².